The molecule has 0 bridgehead atoms. The molecule has 20 heavy (non-hydrogen) atoms. The van der Waals surface area contributed by atoms with Gasteiger partial charge in [-0.2, -0.15) is 0 Å². The van der Waals surface area contributed by atoms with Gasteiger partial charge in [-0.25, -0.2) is 9.37 Å². The van der Waals surface area contributed by atoms with Crippen LogP contribution in [0.1, 0.15) is 48.6 Å². The predicted molar refractivity (Wildman–Crippen MR) is 82.5 cm³/mol. The van der Waals surface area contributed by atoms with Gasteiger partial charge in [0.25, 0.3) is 0 Å². The van der Waals surface area contributed by atoms with Gasteiger partial charge in [-0.15, -0.1) is 11.3 Å². The average Bonchev–Trinajstić information content (AvgIpc) is 2.84. The third kappa shape index (κ3) is 2.57. The zero-order chi connectivity index (χ0) is 14.1. The molecule has 0 spiro atoms. The van der Waals surface area contributed by atoms with Gasteiger partial charge in [0.1, 0.15) is 16.5 Å². The third-order valence-electron chi connectivity index (χ3n) is 4.00. The van der Waals surface area contributed by atoms with Gasteiger partial charge >= 0.3 is 0 Å². The minimum Gasteiger partial charge on any atom is -0.389 e. The summed E-state index contributed by atoms with van der Waals surface area (Å²) in [6, 6.07) is 5.08. The van der Waals surface area contributed by atoms with Gasteiger partial charge in [0.2, 0.25) is 0 Å². The van der Waals surface area contributed by atoms with Crippen LogP contribution in [0.4, 0.5) is 9.39 Å². The summed E-state index contributed by atoms with van der Waals surface area (Å²) < 4.78 is 14.0. The van der Waals surface area contributed by atoms with Gasteiger partial charge in [0.05, 0.1) is 5.01 Å². The molecule has 0 atom stereocenters. The molecule has 1 aliphatic rings. The van der Waals surface area contributed by atoms with E-state index < -0.39 is 0 Å². The monoisotopic (exact) mass is 290 g/mol. The van der Waals surface area contributed by atoms with Crippen LogP contribution in [0.5, 0.6) is 0 Å². The molecule has 1 saturated carbocycles. The molecular weight excluding hydrogens is 271 g/mol. The van der Waals surface area contributed by atoms with Gasteiger partial charge in [-0.05, 0) is 31.9 Å². The number of anilines is 1. The lowest BCUT2D eigenvalue weighted by molar-refractivity contribution is 0.442. The molecule has 0 saturated heterocycles. The number of thiazole rings is 1. The number of nitrogens with two attached hydrogens (primary N) is 1. The van der Waals surface area contributed by atoms with Crippen LogP contribution >= 0.6 is 11.3 Å². The van der Waals surface area contributed by atoms with E-state index in [1.54, 1.807) is 6.07 Å². The molecule has 1 heterocycles. The van der Waals surface area contributed by atoms with Gasteiger partial charge in [-0.3, -0.25) is 0 Å². The Morgan fingerprint density at radius 3 is 2.75 bits per heavy atom. The predicted octanol–water partition coefficient (Wildman–Crippen LogP) is 4.89. The van der Waals surface area contributed by atoms with Crippen LogP contribution < -0.4 is 5.73 Å². The van der Waals surface area contributed by atoms with Crippen molar-refractivity contribution in [3.63, 3.8) is 0 Å². The summed E-state index contributed by atoms with van der Waals surface area (Å²) in [6.07, 6.45) is 6.21. The van der Waals surface area contributed by atoms with Crippen molar-refractivity contribution >= 4 is 16.3 Å². The quantitative estimate of drug-likeness (QED) is 0.855. The van der Waals surface area contributed by atoms with Gasteiger partial charge in [-0.1, -0.05) is 30.9 Å². The molecule has 2 aromatic rings. The van der Waals surface area contributed by atoms with E-state index in [-0.39, 0.29) is 5.82 Å². The maximum Gasteiger partial charge on any atom is 0.132 e. The first-order valence-corrected chi connectivity index (χ1v) is 7.99. The topological polar surface area (TPSA) is 38.9 Å². The normalized spacial score (nSPS) is 16.5. The van der Waals surface area contributed by atoms with Crippen LogP contribution in [0.25, 0.3) is 11.3 Å². The van der Waals surface area contributed by atoms with E-state index in [1.165, 1.54) is 49.5 Å². The molecule has 0 aliphatic heterocycles. The lowest BCUT2D eigenvalue weighted by atomic mass is 9.90. The number of aromatic nitrogens is 1. The van der Waals surface area contributed by atoms with Gasteiger partial charge in [0.15, 0.2) is 0 Å². The maximum atomic E-state index is 14.0. The number of halogens is 1. The second kappa shape index (κ2) is 5.52. The molecule has 2 nitrogen and oxygen atoms in total. The van der Waals surface area contributed by atoms with E-state index in [4.69, 9.17) is 5.73 Å². The highest BCUT2D eigenvalue weighted by Gasteiger charge is 2.22. The molecule has 0 radical (unpaired) electrons. The summed E-state index contributed by atoms with van der Waals surface area (Å²) in [4.78, 5) is 4.66. The zero-order valence-corrected chi connectivity index (χ0v) is 12.5. The molecule has 1 aliphatic carbocycles. The fraction of sp³-hybridized carbons (Fsp3) is 0.438. The number of hydrogen-bond acceptors (Lipinski definition) is 3. The van der Waals surface area contributed by atoms with Crippen molar-refractivity contribution in [1.29, 1.82) is 0 Å². The maximum absolute atomic E-state index is 14.0. The fourth-order valence-corrected chi connectivity index (χ4v) is 3.90. The van der Waals surface area contributed by atoms with Crippen molar-refractivity contribution in [2.45, 2.75) is 44.9 Å². The van der Waals surface area contributed by atoms with E-state index in [0.717, 1.165) is 10.6 Å². The Bertz CT molecular complexity index is 615. The Morgan fingerprint density at radius 1 is 1.25 bits per heavy atom. The summed E-state index contributed by atoms with van der Waals surface area (Å²) in [7, 11) is 0. The van der Waals surface area contributed by atoms with E-state index in [2.05, 4.69) is 4.98 Å². The molecule has 1 aromatic heterocycles. The SMILES string of the molecule is Cc1ccc(F)c(-c2nc(C3CCCCC3)sc2N)c1. The molecule has 106 valence electrons. The molecule has 0 unspecified atom stereocenters. The van der Waals surface area contributed by atoms with Crippen LogP contribution in [0.3, 0.4) is 0 Å². The van der Waals surface area contributed by atoms with Gasteiger partial charge in [0, 0.05) is 11.5 Å². The van der Waals surface area contributed by atoms with Crippen LogP contribution in [0, 0.1) is 12.7 Å². The van der Waals surface area contributed by atoms with Crippen LogP contribution in [0.15, 0.2) is 18.2 Å². The largest absolute Gasteiger partial charge is 0.389 e. The first kappa shape index (κ1) is 13.6. The Balaban J connectivity index is 1.98. The highest BCUT2D eigenvalue weighted by molar-refractivity contribution is 7.16. The van der Waals surface area contributed by atoms with Crippen LogP contribution in [-0.2, 0) is 0 Å². The van der Waals surface area contributed by atoms with Crippen molar-refractivity contribution < 1.29 is 4.39 Å². The minimum atomic E-state index is -0.247. The molecule has 1 aromatic carbocycles. The molecule has 4 heteroatoms. The minimum absolute atomic E-state index is 0.247. The Morgan fingerprint density at radius 2 is 2.00 bits per heavy atom. The zero-order valence-electron chi connectivity index (χ0n) is 11.7. The average molecular weight is 290 g/mol. The summed E-state index contributed by atoms with van der Waals surface area (Å²) >= 11 is 1.53. The van der Waals surface area contributed by atoms with E-state index in [0.29, 0.717) is 22.2 Å². The lowest BCUT2D eigenvalue weighted by Gasteiger charge is -2.18. The summed E-state index contributed by atoms with van der Waals surface area (Å²) in [5.41, 5.74) is 8.26. The van der Waals surface area contributed by atoms with E-state index in [1.807, 2.05) is 13.0 Å². The first-order valence-electron chi connectivity index (χ1n) is 7.18. The third-order valence-corrected chi connectivity index (χ3v) is 5.05. The Kier molecular flexibility index (Phi) is 3.74. The molecule has 3 rings (SSSR count). The number of aryl methyl sites for hydroxylation is 1. The molecule has 1 fully saturated rings. The number of nitrogens with zero attached hydrogens (tertiary/aromatic N) is 1. The number of nitrogen functional groups attached to an aromatic ring is 1. The highest BCUT2D eigenvalue weighted by atomic mass is 32.1. The molecule has 2 N–H and O–H groups in total. The molecule has 0 amide bonds. The van der Waals surface area contributed by atoms with Crippen molar-refractivity contribution in [1.82, 2.24) is 4.98 Å². The van der Waals surface area contributed by atoms with Gasteiger partial charge < -0.3 is 5.73 Å². The molecular formula is C16H19FN2S. The fourth-order valence-electron chi connectivity index (χ4n) is 2.89. The highest BCUT2D eigenvalue weighted by Crippen LogP contribution is 2.40. The standard InChI is InChI=1S/C16H19FN2S/c1-10-7-8-13(17)12(9-10)14-15(18)20-16(19-14)11-5-3-2-4-6-11/h7-9,11H,2-6,18H2,1H3. The smallest absolute Gasteiger partial charge is 0.132 e. The second-order valence-electron chi connectivity index (χ2n) is 5.58. The van der Waals surface area contributed by atoms with Crippen molar-refractivity contribution in [2.24, 2.45) is 0 Å². The number of hydrogen-bond donors (Lipinski definition) is 1. The summed E-state index contributed by atoms with van der Waals surface area (Å²) in [6.45, 7) is 1.95. The van der Waals surface area contributed by atoms with Crippen molar-refractivity contribution in [3.05, 3.63) is 34.6 Å². The van der Waals surface area contributed by atoms with Crippen LogP contribution in [-0.4, -0.2) is 4.98 Å². The van der Waals surface area contributed by atoms with E-state index in [9.17, 15) is 4.39 Å². The number of rotatable bonds is 2. The van der Waals surface area contributed by atoms with E-state index >= 15 is 0 Å². The lowest BCUT2D eigenvalue weighted by Crippen LogP contribution is -2.03. The van der Waals surface area contributed by atoms with Crippen molar-refractivity contribution in [2.75, 3.05) is 5.73 Å². The Labute approximate surface area is 122 Å². The first-order chi connectivity index (χ1) is 9.65. The van der Waals surface area contributed by atoms with Crippen molar-refractivity contribution in [3.8, 4) is 11.3 Å². The Hall–Kier alpha value is -1.42. The second-order valence-corrected chi connectivity index (χ2v) is 6.65. The summed E-state index contributed by atoms with van der Waals surface area (Å²) in [5.74, 6) is 0.264. The summed E-state index contributed by atoms with van der Waals surface area (Å²) in [5, 5.41) is 1.72. The van der Waals surface area contributed by atoms with Crippen LogP contribution in [0.2, 0.25) is 0 Å². The number of benzene rings is 1.